The molecule has 1 aromatic carbocycles. The lowest BCUT2D eigenvalue weighted by Gasteiger charge is -2.43. The predicted octanol–water partition coefficient (Wildman–Crippen LogP) is 3.35. The van der Waals surface area contributed by atoms with Gasteiger partial charge in [-0.2, -0.15) is 0 Å². The predicted molar refractivity (Wildman–Crippen MR) is 96.6 cm³/mol. The number of pyridine rings is 1. The summed E-state index contributed by atoms with van der Waals surface area (Å²) >= 11 is 3.42. The molecular weight excluding hydrogens is 386 g/mol. The monoisotopic (exact) mass is 403 g/mol. The zero-order valence-corrected chi connectivity index (χ0v) is 15.7. The molecule has 0 amide bonds. The Morgan fingerprint density at radius 1 is 1.20 bits per heavy atom. The van der Waals surface area contributed by atoms with Crippen molar-refractivity contribution in [3.63, 3.8) is 0 Å². The van der Waals surface area contributed by atoms with Gasteiger partial charge in [0.05, 0.1) is 5.41 Å². The molecule has 0 aliphatic heterocycles. The third-order valence-electron chi connectivity index (χ3n) is 4.60. The number of hydrogen-bond acceptors (Lipinski definition) is 4. The largest absolute Gasteiger partial charge is 0.459 e. The van der Waals surface area contributed by atoms with Crippen LogP contribution in [0.15, 0.2) is 51.9 Å². The summed E-state index contributed by atoms with van der Waals surface area (Å²) in [4.78, 5) is 37.2. The van der Waals surface area contributed by atoms with Crippen LogP contribution in [0.3, 0.4) is 0 Å². The van der Waals surface area contributed by atoms with Crippen LogP contribution in [0.1, 0.15) is 42.7 Å². The van der Waals surface area contributed by atoms with E-state index in [-0.39, 0.29) is 11.3 Å². The van der Waals surface area contributed by atoms with Gasteiger partial charge < -0.3 is 9.30 Å². The van der Waals surface area contributed by atoms with Gasteiger partial charge in [0.25, 0.3) is 5.56 Å². The number of hydrogen-bond donors (Lipinski definition) is 0. The maximum absolute atomic E-state index is 13.0. The van der Waals surface area contributed by atoms with Crippen LogP contribution in [0.2, 0.25) is 0 Å². The fourth-order valence-corrected chi connectivity index (χ4v) is 3.75. The second kappa shape index (κ2) is 6.26. The van der Waals surface area contributed by atoms with Crippen molar-refractivity contribution in [1.82, 2.24) is 4.57 Å². The number of nitrogens with zero attached hydrogens (tertiary/aromatic N) is 1. The Labute approximate surface area is 153 Å². The lowest BCUT2D eigenvalue weighted by atomic mass is 9.68. The molecule has 1 aliphatic rings. The van der Waals surface area contributed by atoms with Crippen molar-refractivity contribution in [2.24, 2.45) is 5.41 Å². The summed E-state index contributed by atoms with van der Waals surface area (Å²) in [6.07, 6.45) is 0.861. The lowest BCUT2D eigenvalue weighted by Crippen LogP contribution is -2.51. The summed E-state index contributed by atoms with van der Waals surface area (Å²) in [7, 11) is 0. The van der Waals surface area contributed by atoms with Gasteiger partial charge in [0, 0.05) is 29.2 Å². The smallest absolute Gasteiger partial charge is 0.303 e. The topological polar surface area (TPSA) is 65.4 Å². The van der Waals surface area contributed by atoms with E-state index in [0.717, 1.165) is 4.47 Å². The molecule has 0 unspecified atom stereocenters. The van der Waals surface area contributed by atoms with Gasteiger partial charge in [0.1, 0.15) is 12.1 Å². The maximum Gasteiger partial charge on any atom is 0.303 e. The molecule has 25 heavy (non-hydrogen) atoms. The van der Waals surface area contributed by atoms with Crippen molar-refractivity contribution in [3.05, 3.63) is 68.5 Å². The Hall–Kier alpha value is -2.21. The van der Waals surface area contributed by atoms with Crippen molar-refractivity contribution < 1.29 is 14.3 Å². The van der Waals surface area contributed by atoms with Crippen molar-refractivity contribution in [2.45, 2.75) is 32.9 Å². The van der Waals surface area contributed by atoms with Crippen LogP contribution in [0.4, 0.5) is 0 Å². The Bertz CT molecular complexity index is 916. The Kier molecular flexibility index (Phi) is 4.41. The highest BCUT2D eigenvalue weighted by atomic mass is 79.9. The average Bonchev–Trinajstić information content (AvgIpc) is 2.54. The number of aromatic nitrogens is 1. The van der Waals surface area contributed by atoms with E-state index in [1.807, 2.05) is 6.07 Å². The van der Waals surface area contributed by atoms with E-state index in [1.165, 1.54) is 17.6 Å². The first-order valence-corrected chi connectivity index (χ1v) is 8.71. The van der Waals surface area contributed by atoms with E-state index in [2.05, 4.69) is 15.9 Å². The van der Waals surface area contributed by atoms with Crippen LogP contribution in [-0.4, -0.2) is 22.4 Å². The molecule has 3 rings (SSSR count). The first kappa shape index (κ1) is 17.6. The highest BCUT2D eigenvalue weighted by Crippen LogP contribution is 2.45. The van der Waals surface area contributed by atoms with Crippen molar-refractivity contribution in [1.29, 1.82) is 0 Å². The zero-order valence-electron chi connectivity index (χ0n) is 14.2. The molecule has 2 atom stereocenters. The number of carbonyl (C=O) groups is 2. The fourth-order valence-electron chi connectivity index (χ4n) is 3.38. The lowest BCUT2D eigenvalue weighted by molar-refractivity contribution is -0.153. The maximum atomic E-state index is 13.0. The van der Waals surface area contributed by atoms with Gasteiger partial charge in [-0.1, -0.05) is 22.0 Å². The van der Waals surface area contributed by atoms with Gasteiger partial charge in [-0.3, -0.25) is 14.4 Å². The number of Topliss-reactive ketones (excluding diaryl/α,β-unsaturated/α-hetero) is 1. The van der Waals surface area contributed by atoms with Gasteiger partial charge >= 0.3 is 5.97 Å². The van der Waals surface area contributed by atoms with E-state index in [9.17, 15) is 14.4 Å². The Morgan fingerprint density at radius 3 is 2.56 bits per heavy atom. The minimum absolute atomic E-state index is 0.110. The van der Waals surface area contributed by atoms with E-state index in [1.54, 1.807) is 44.3 Å². The molecule has 0 saturated heterocycles. The van der Waals surface area contributed by atoms with Crippen molar-refractivity contribution in [3.8, 4) is 0 Å². The normalized spacial score (nSPS) is 21.5. The first-order chi connectivity index (χ1) is 11.7. The molecule has 0 bridgehead atoms. The molecule has 5 nitrogen and oxygen atoms in total. The van der Waals surface area contributed by atoms with Crippen LogP contribution in [-0.2, 0) is 9.53 Å². The SMILES string of the molecule is CC(=O)O[C@H]1[C@H](n2ccccc2=O)c2cc(Br)ccc2C(=O)C1(C)C. The van der Waals surface area contributed by atoms with Gasteiger partial charge in [0.15, 0.2) is 5.78 Å². The number of rotatable bonds is 2. The van der Waals surface area contributed by atoms with Gasteiger partial charge in [-0.25, -0.2) is 0 Å². The molecule has 1 aromatic heterocycles. The van der Waals surface area contributed by atoms with E-state index in [0.29, 0.717) is 11.1 Å². The summed E-state index contributed by atoms with van der Waals surface area (Å²) in [5.41, 5.74) is 0.0169. The number of halogens is 1. The fraction of sp³-hybridized carbons (Fsp3) is 0.316. The number of esters is 1. The van der Waals surface area contributed by atoms with Crippen molar-refractivity contribution >= 4 is 27.7 Å². The molecule has 0 radical (unpaired) electrons. The molecule has 6 heteroatoms. The second-order valence-electron chi connectivity index (χ2n) is 6.70. The zero-order chi connectivity index (χ0) is 18.4. The van der Waals surface area contributed by atoms with Crippen LogP contribution >= 0.6 is 15.9 Å². The minimum Gasteiger partial charge on any atom is -0.459 e. The standard InChI is InChI=1S/C19H18BrNO4/c1-11(22)25-18-16(21-9-5-4-6-15(21)23)14-10-12(20)7-8-13(14)17(24)19(18,2)3/h4-10,16,18H,1-3H3/t16-,18+/m1/s1. The first-order valence-electron chi connectivity index (χ1n) is 7.92. The van der Waals surface area contributed by atoms with E-state index < -0.39 is 23.5 Å². The highest BCUT2D eigenvalue weighted by Gasteiger charge is 2.50. The molecule has 1 aliphatic carbocycles. The second-order valence-corrected chi connectivity index (χ2v) is 7.62. The molecule has 130 valence electrons. The van der Waals surface area contributed by atoms with Crippen molar-refractivity contribution in [2.75, 3.05) is 0 Å². The Morgan fingerprint density at radius 2 is 1.92 bits per heavy atom. The molecule has 0 spiro atoms. The van der Waals surface area contributed by atoms with E-state index >= 15 is 0 Å². The molecule has 0 fully saturated rings. The van der Waals surface area contributed by atoms with E-state index in [4.69, 9.17) is 4.74 Å². The summed E-state index contributed by atoms with van der Waals surface area (Å²) in [6.45, 7) is 4.80. The van der Waals surface area contributed by atoms with Gasteiger partial charge in [-0.05, 0) is 43.7 Å². The summed E-state index contributed by atoms with van der Waals surface area (Å²) in [5.74, 6) is -0.597. The van der Waals surface area contributed by atoms with Crippen LogP contribution in [0.25, 0.3) is 0 Å². The summed E-state index contributed by atoms with van der Waals surface area (Å²) < 4.78 is 7.87. The summed E-state index contributed by atoms with van der Waals surface area (Å²) in [6, 6.07) is 9.61. The molecule has 2 aromatic rings. The molecule has 1 heterocycles. The quantitative estimate of drug-likeness (QED) is 0.721. The molecule has 0 saturated carbocycles. The van der Waals surface area contributed by atoms with Crippen LogP contribution in [0.5, 0.6) is 0 Å². The number of benzene rings is 1. The number of ketones is 1. The minimum atomic E-state index is -0.966. The number of carbonyl (C=O) groups excluding carboxylic acids is 2. The summed E-state index contributed by atoms with van der Waals surface area (Å²) in [5, 5.41) is 0. The average molecular weight is 404 g/mol. The van der Waals surface area contributed by atoms with Crippen LogP contribution in [0, 0.1) is 5.41 Å². The highest BCUT2D eigenvalue weighted by molar-refractivity contribution is 9.10. The Balaban J connectivity index is 2.33. The molecular formula is C19H18BrNO4. The third-order valence-corrected chi connectivity index (χ3v) is 5.10. The number of ether oxygens (including phenoxy) is 1. The molecule has 0 N–H and O–H groups in total. The van der Waals surface area contributed by atoms with Gasteiger partial charge in [0.2, 0.25) is 0 Å². The van der Waals surface area contributed by atoms with Crippen LogP contribution < -0.4 is 5.56 Å². The van der Waals surface area contributed by atoms with Gasteiger partial charge in [-0.15, -0.1) is 0 Å². The number of fused-ring (bicyclic) bond motifs is 1. The third kappa shape index (κ3) is 2.95.